The number of nitrogens with zero attached hydrogens (tertiary/aromatic N) is 1. The standard InChI is InChI=1S/C3HBrNS/c4-3-1-5-2-6-3/h1H/q+1. The van der Waals surface area contributed by atoms with Crippen LogP contribution in [0.5, 0.6) is 0 Å². The summed E-state index contributed by atoms with van der Waals surface area (Å²) in [6.07, 6.45) is 1.71. The molecule has 0 N–H and O–H groups in total. The van der Waals surface area contributed by atoms with Crippen LogP contribution in [0.1, 0.15) is 0 Å². The van der Waals surface area contributed by atoms with Crippen LogP contribution >= 0.6 is 27.7 Å². The topological polar surface area (TPSA) is 12.4 Å². The highest BCUT2D eigenvalue weighted by Crippen LogP contribution is 2.23. The molecule has 0 bridgehead atoms. The summed E-state index contributed by atoms with van der Waals surface area (Å²) < 4.78 is 1.03. The van der Waals surface area contributed by atoms with Gasteiger partial charge in [-0.1, -0.05) is 0 Å². The van der Waals surface area contributed by atoms with Gasteiger partial charge in [0.25, 0.3) is 5.55 Å². The van der Waals surface area contributed by atoms with Gasteiger partial charge in [0.15, 0.2) is 10.0 Å². The van der Waals surface area contributed by atoms with Gasteiger partial charge in [-0.3, -0.25) is 0 Å². The van der Waals surface area contributed by atoms with Crippen molar-refractivity contribution < 1.29 is 0 Å². The van der Waals surface area contributed by atoms with Crippen molar-refractivity contribution in [2.75, 3.05) is 0 Å². The van der Waals surface area contributed by atoms with Gasteiger partial charge < -0.3 is 0 Å². The van der Waals surface area contributed by atoms with Crippen molar-refractivity contribution in [2.45, 2.75) is 0 Å². The lowest BCUT2D eigenvalue weighted by Gasteiger charge is -1.58. The summed E-state index contributed by atoms with van der Waals surface area (Å²) in [5, 5.41) is 0. The average molecular weight is 163 g/mol. The third kappa shape index (κ3) is 0.805. The van der Waals surface area contributed by atoms with Gasteiger partial charge in [0.1, 0.15) is 11.8 Å². The molecule has 0 fully saturated rings. The molecule has 0 radical (unpaired) electrons. The highest BCUT2D eigenvalue weighted by molar-refractivity contribution is 9.14. The first kappa shape index (κ1) is 4.31. The molecule has 0 aromatic carbocycles. The fourth-order valence-electron chi connectivity index (χ4n) is 0.173. The summed E-state index contributed by atoms with van der Waals surface area (Å²) in [5.41, 5.74) is 2.67. The van der Waals surface area contributed by atoms with Crippen LogP contribution < -0.4 is 0 Å². The largest absolute Gasteiger partial charge is 0.272 e. The molecule has 0 unspecified atom stereocenters. The van der Waals surface area contributed by atoms with E-state index in [-0.39, 0.29) is 0 Å². The monoisotopic (exact) mass is 162 g/mol. The van der Waals surface area contributed by atoms with Crippen LogP contribution in [0.15, 0.2) is 15.0 Å². The Bertz CT molecular complexity index is 107. The van der Waals surface area contributed by atoms with E-state index < -0.39 is 0 Å². The first-order valence-electron chi connectivity index (χ1n) is 1.37. The van der Waals surface area contributed by atoms with Gasteiger partial charge in [-0.2, -0.15) is 0 Å². The van der Waals surface area contributed by atoms with Gasteiger partial charge in [-0.05, 0) is 20.9 Å². The number of thioether (sulfide) groups is 1. The Balaban J connectivity index is 2.61. The van der Waals surface area contributed by atoms with Crippen molar-refractivity contribution >= 4 is 33.2 Å². The summed E-state index contributed by atoms with van der Waals surface area (Å²) in [5.74, 6) is 0. The van der Waals surface area contributed by atoms with Crippen molar-refractivity contribution in [3.8, 4) is 0 Å². The van der Waals surface area contributed by atoms with Crippen molar-refractivity contribution in [3.05, 3.63) is 10.0 Å². The molecule has 0 aromatic heterocycles. The van der Waals surface area contributed by atoms with E-state index in [1.54, 1.807) is 6.20 Å². The Hall–Kier alpha value is 0.150. The molecule has 1 nitrogen and oxygen atoms in total. The van der Waals surface area contributed by atoms with Crippen molar-refractivity contribution in [2.24, 2.45) is 4.99 Å². The van der Waals surface area contributed by atoms with Gasteiger partial charge in [0.2, 0.25) is 0 Å². The first-order valence-corrected chi connectivity index (χ1v) is 2.98. The summed E-state index contributed by atoms with van der Waals surface area (Å²) in [4.78, 5) is 3.67. The van der Waals surface area contributed by atoms with E-state index in [1.807, 2.05) is 0 Å². The molecule has 0 saturated heterocycles. The highest BCUT2D eigenvalue weighted by atomic mass is 79.9. The van der Waals surface area contributed by atoms with Crippen molar-refractivity contribution in [1.29, 1.82) is 0 Å². The molecule has 0 atom stereocenters. The van der Waals surface area contributed by atoms with Crippen molar-refractivity contribution in [1.82, 2.24) is 0 Å². The second kappa shape index (κ2) is 1.73. The van der Waals surface area contributed by atoms with E-state index >= 15 is 0 Å². The minimum atomic E-state index is 1.03. The number of halogens is 1. The van der Waals surface area contributed by atoms with Gasteiger partial charge in [-0.25, -0.2) is 0 Å². The van der Waals surface area contributed by atoms with Crippen LogP contribution in [0, 0.1) is 0 Å². The Morgan fingerprint density at radius 3 is 3.00 bits per heavy atom. The zero-order valence-electron chi connectivity index (χ0n) is 2.81. The maximum absolute atomic E-state index is 3.67. The van der Waals surface area contributed by atoms with Gasteiger partial charge >= 0.3 is 0 Å². The molecule has 1 aliphatic rings. The third-order valence-electron chi connectivity index (χ3n) is 0.362. The summed E-state index contributed by atoms with van der Waals surface area (Å²) >= 11 is 4.66. The number of hydrogen-bond acceptors (Lipinski definition) is 2. The van der Waals surface area contributed by atoms with Crippen LogP contribution in [0.25, 0.3) is 0 Å². The Morgan fingerprint density at radius 2 is 2.83 bits per heavy atom. The van der Waals surface area contributed by atoms with Gasteiger partial charge in [-0.15, -0.1) is 0 Å². The third-order valence-corrected chi connectivity index (χ3v) is 1.55. The summed E-state index contributed by atoms with van der Waals surface area (Å²) in [6, 6.07) is 0. The maximum Gasteiger partial charge on any atom is 0.272 e. The summed E-state index contributed by atoms with van der Waals surface area (Å²) in [7, 11) is 0. The predicted octanol–water partition coefficient (Wildman–Crippen LogP) is 1.83. The molecule has 1 aliphatic heterocycles. The fraction of sp³-hybridized carbons (Fsp3) is 0. The normalized spacial score (nSPS) is 17.2. The minimum absolute atomic E-state index is 1.03. The smallest absolute Gasteiger partial charge is 0.0133 e. The summed E-state index contributed by atoms with van der Waals surface area (Å²) in [6.45, 7) is 0. The van der Waals surface area contributed by atoms with Crippen LogP contribution in [-0.2, 0) is 0 Å². The zero-order valence-corrected chi connectivity index (χ0v) is 5.21. The van der Waals surface area contributed by atoms with Crippen LogP contribution in [-0.4, -0.2) is 5.55 Å². The lowest BCUT2D eigenvalue weighted by atomic mass is 11.1. The Kier molecular flexibility index (Phi) is 1.25. The molecule has 1 rings (SSSR count). The lowest BCUT2D eigenvalue weighted by molar-refractivity contribution is 1.65. The molecule has 0 aromatic rings. The molecule has 3 heteroatoms. The lowest BCUT2D eigenvalue weighted by Crippen LogP contribution is -1.43. The molecule has 0 amide bonds. The SMILES string of the molecule is BrC1=CN=[C+]S1. The second-order valence-electron chi connectivity index (χ2n) is 0.756. The van der Waals surface area contributed by atoms with E-state index in [1.165, 1.54) is 11.8 Å². The number of aliphatic imine (C=N–C) groups is 1. The molecule has 0 saturated carbocycles. The van der Waals surface area contributed by atoms with Crippen LogP contribution in [0.3, 0.4) is 0 Å². The van der Waals surface area contributed by atoms with E-state index in [9.17, 15) is 0 Å². The Morgan fingerprint density at radius 1 is 2.00 bits per heavy atom. The van der Waals surface area contributed by atoms with Crippen LogP contribution in [0.4, 0.5) is 0 Å². The van der Waals surface area contributed by atoms with E-state index in [0.29, 0.717) is 0 Å². The number of hydrogen-bond donors (Lipinski definition) is 0. The molecular weight excluding hydrogens is 162 g/mol. The molecule has 1 heterocycles. The first-order chi connectivity index (χ1) is 2.89. The highest BCUT2D eigenvalue weighted by Gasteiger charge is 2.06. The maximum atomic E-state index is 3.67. The molecule has 30 valence electrons. The van der Waals surface area contributed by atoms with E-state index in [0.717, 1.165) is 3.81 Å². The minimum Gasteiger partial charge on any atom is -0.0133 e. The molecule has 0 spiro atoms. The van der Waals surface area contributed by atoms with E-state index in [4.69, 9.17) is 0 Å². The fourth-order valence-corrected chi connectivity index (χ4v) is 0.791. The zero-order chi connectivity index (χ0) is 4.41. The predicted molar refractivity (Wildman–Crippen MR) is 32.0 cm³/mol. The van der Waals surface area contributed by atoms with Gasteiger partial charge in [0.05, 0.1) is 0 Å². The Labute approximate surface area is 48.7 Å². The van der Waals surface area contributed by atoms with Crippen LogP contribution in [0.2, 0.25) is 0 Å². The molecule has 0 aliphatic carbocycles. The average Bonchev–Trinajstić information content (AvgIpc) is 1.86. The van der Waals surface area contributed by atoms with Gasteiger partial charge in [0, 0.05) is 0 Å². The molecule has 6 heavy (non-hydrogen) atoms. The molecular formula is C3HBrNS+. The van der Waals surface area contributed by atoms with E-state index in [2.05, 4.69) is 26.5 Å². The number of rotatable bonds is 0. The van der Waals surface area contributed by atoms with Crippen molar-refractivity contribution in [3.63, 3.8) is 0 Å². The second-order valence-corrected chi connectivity index (χ2v) is 2.96. The quantitative estimate of drug-likeness (QED) is 0.496.